The normalized spacial score (nSPS) is 14.7. The van der Waals surface area contributed by atoms with E-state index in [1.165, 1.54) is 12.8 Å². The van der Waals surface area contributed by atoms with E-state index >= 15 is 0 Å². The molecule has 26 heavy (non-hydrogen) atoms. The molecule has 136 valence electrons. The number of likely N-dealkylation sites (N-methyl/N-ethyl adjacent to an activating group) is 1. The largest absolute Gasteiger partial charge is 0.490 e. The number of hydrogen-bond acceptors (Lipinski definition) is 3. The molecule has 1 aliphatic carbocycles. The van der Waals surface area contributed by atoms with E-state index in [0.717, 1.165) is 36.3 Å². The summed E-state index contributed by atoms with van der Waals surface area (Å²) in [4.78, 5) is 18.3. The molecule has 1 aliphatic rings. The number of ether oxygens (including phenoxy) is 1. The highest BCUT2D eigenvalue weighted by Gasteiger charge is 2.16. The van der Waals surface area contributed by atoms with Crippen molar-refractivity contribution in [3.8, 4) is 5.75 Å². The maximum atomic E-state index is 12.3. The van der Waals surface area contributed by atoms with Gasteiger partial charge in [0.25, 0.3) is 0 Å². The molecule has 1 aromatic carbocycles. The molecule has 4 nitrogen and oxygen atoms in total. The van der Waals surface area contributed by atoms with E-state index in [0.29, 0.717) is 12.6 Å². The van der Waals surface area contributed by atoms with Gasteiger partial charge in [0, 0.05) is 38.0 Å². The van der Waals surface area contributed by atoms with E-state index in [2.05, 4.69) is 4.98 Å². The van der Waals surface area contributed by atoms with Crippen molar-refractivity contribution in [2.75, 3.05) is 13.6 Å². The Hall–Kier alpha value is -2.62. The highest BCUT2D eigenvalue weighted by Crippen LogP contribution is 2.24. The highest BCUT2D eigenvalue weighted by atomic mass is 16.5. The Labute approximate surface area is 155 Å². The summed E-state index contributed by atoms with van der Waals surface area (Å²) in [5, 5.41) is 0. The molecule has 0 atom stereocenters. The Balaban J connectivity index is 1.52. The summed E-state index contributed by atoms with van der Waals surface area (Å²) in [6, 6.07) is 13.8. The van der Waals surface area contributed by atoms with Crippen LogP contribution in [0.3, 0.4) is 0 Å². The number of amides is 1. The number of carbonyl (C=O) groups is 1. The standard InChI is InChI=1S/C22H26N2O2/c1-24(16-14-19-8-4-5-15-23-19)22(25)13-12-18-7-6-11-21(17-18)26-20-9-2-3-10-20/h4-8,11-13,15,17,20H,2-3,9-10,14,16H2,1H3. The zero-order valence-electron chi connectivity index (χ0n) is 15.3. The van der Waals surface area contributed by atoms with Crippen LogP contribution in [0.4, 0.5) is 0 Å². The molecular weight excluding hydrogens is 324 g/mol. The molecule has 0 N–H and O–H groups in total. The van der Waals surface area contributed by atoms with Gasteiger partial charge in [0.15, 0.2) is 0 Å². The van der Waals surface area contributed by atoms with Gasteiger partial charge in [0.2, 0.25) is 5.91 Å². The van der Waals surface area contributed by atoms with Crippen LogP contribution in [0.2, 0.25) is 0 Å². The maximum absolute atomic E-state index is 12.3. The molecule has 1 amide bonds. The molecule has 2 aromatic rings. The second-order valence-electron chi connectivity index (χ2n) is 6.76. The Morgan fingerprint density at radius 3 is 2.85 bits per heavy atom. The van der Waals surface area contributed by atoms with Crippen LogP contribution in [0.15, 0.2) is 54.7 Å². The van der Waals surface area contributed by atoms with Crippen LogP contribution < -0.4 is 4.74 Å². The molecule has 1 heterocycles. The number of hydrogen-bond donors (Lipinski definition) is 0. The first-order chi connectivity index (χ1) is 12.7. The summed E-state index contributed by atoms with van der Waals surface area (Å²) in [6.07, 6.45) is 11.1. The minimum absolute atomic E-state index is 0.0111. The minimum atomic E-state index is -0.0111. The van der Waals surface area contributed by atoms with E-state index in [-0.39, 0.29) is 5.91 Å². The number of carbonyl (C=O) groups excluding carboxylic acids is 1. The first-order valence-corrected chi connectivity index (χ1v) is 9.30. The van der Waals surface area contributed by atoms with Gasteiger partial charge in [0.05, 0.1) is 6.10 Å². The van der Waals surface area contributed by atoms with Crippen molar-refractivity contribution in [1.29, 1.82) is 0 Å². The number of rotatable bonds is 7. The lowest BCUT2D eigenvalue weighted by Crippen LogP contribution is -2.27. The van der Waals surface area contributed by atoms with Crippen molar-refractivity contribution in [3.63, 3.8) is 0 Å². The Morgan fingerprint density at radius 2 is 2.08 bits per heavy atom. The quantitative estimate of drug-likeness (QED) is 0.706. The molecule has 1 saturated carbocycles. The van der Waals surface area contributed by atoms with Gasteiger partial charge in [-0.15, -0.1) is 0 Å². The van der Waals surface area contributed by atoms with Crippen LogP contribution in [0.5, 0.6) is 5.75 Å². The third-order valence-corrected chi connectivity index (χ3v) is 4.69. The third kappa shape index (κ3) is 5.45. The zero-order valence-corrected chi connectivity index (χ0v) is 15.3. The van der Waals surface area contributed by atoms with Crippen molar-refractivity contribution in [1.82, 2.24) is 9.88 Å². The topological polar surface area (TPSA) is 42.4 Å². The van der Waals surface area contributed by atoms with Crippen molar-refractivity contribution in [2.24, 2.45) is 0 Å². The molecule has 1 aromatic heterocycles. The van der Waals surface area contributed by atoms with E-state index in [4.69, 9.17) is 4.74 Å². The van der Waals surface area contributed by atoms with Crippen LogP contribution in [0.1, 0.15) is 36.9 Å². The van der Waals surface area contributed by atoms with Gasteiger partial charge in [-0.2, -0.15) is 0 Å². The van der Waals surface area contributed by atoms with E-state index in [1.807, 2.05) is 55.6 Å². The zero-order chi connectivity index (χ0) is 18.2. The van der Waals surface area contributed by atoms with Crippen LogP contribution in [0.25, 0.3) is 6.08 Å². The summed E-state index contributed by atoms with van der Waals surface area (Å²) in [5.74, 6) is 0.873. The van der Waals surface area contributed by atoms with E-state index < -0.39 is 0 Å². The Kier molecular flexibility index (Phi) is 6.42. The summed E-state index contributed by atoms with van der Waals surface area (Å²) >= 11 is 0. The average Bonchev–Trinajstić information content (AvgIpc) is 3.18. The number of benzene rings is 1. The summed E-state index contributed by atoms with van der Waals surface area (Å²) in [5.41, 5.74) is 1.97. The maximum Gasteiger partial charge on any atom is 0.246 e. The third-order valence-electron chi connectivity index (χ3n) is 4.69. The molecular formula is C22H26N2O2. The minimum Gasteiger partial charge on any atom is -0.490 e. The summed E-state index contributed by atoms with van der Waals surface area (Å²) in [7, 11) is 1.81. The van der Waals surface area contributed by atoms with Crippen LogP contribution in [-0.2, 0) is 11.2 Å². The van der Waals surface area contributed by atoms with E-state index in [9.17, 15) is 4.79 Å². The fourth-order valence-corrected chi connectivity index (χ4v) is 3.12. The van der Waals surface area contributed by atoms with Crippen LogP contribution in [-0.4, -0.2) is 35.5 Å². The summed E-state index contributed by atoms with van der Waals surface area (Å²) < 4.78 is 6.02. The lowest BCUT2D eigenvalue weighted by atomic mass is 10.2. The second-order valence-corrected chi connectivity index (χ2v) is 6.76. The number of aromatic nitrogens is 1. The molecule has 0 bridgehead atoms. The fraction of sp³-hybridized carbons (Fsp3) is 0.364. The van der Waals surface area contributed by atoms with Gasteiger partial charge < -0.3 is 9.64 Å². The molecule has 0 unspecified atom stereocenters. The molecule has 3 rings (SSSR count). The van der Waals surface area contributed by atoms with Crippen molar-refractivity contribution < 1.29 is 9.53 Å². The SMILES string of the molecule is CN(CCc1ccccn1)C(=O)C=Cc1cccc(OC2CCCC2)c1. The molecule has 0 spiro atoms. The fourth-order valence-electron chi connectivity index (χ4n) is 3.12. The molecule has 0 aliphatic heterocycles. The van der Waals surface area contributed by atoms with Crippen molar-refractivity contribution in [3.05, 3.63) is 66.0 Å². The van der Waals surface area contributed by atoms with Gasteiger partial charge in [-0.25, -0.2) is 0 Å². The number of pyridine rings is 1. The van der Waals surface area contributed by atoms with Gasteiger partial charge >= 0.3 is 0 Å². The number of nitrogens with zero attached hydrogens (tertiary/aromatic N) is 2. The molecule has 0 radical (unpaired) electrons. The van der Waals surface area contributed by atoms with Crippen LogP contribution in [0, 0.1) is 0 Å². The monoisotopic (exact) mass is 350 g/mol. The Bertz CT molecular complexity index is 737. The molecule has 1 fully saturated rings. The molecule has 0 saturated heterocycles. The first kappa shape index (κ1) is 18.2. The van der Waals surface area contributed by atoms with Gasteiger partial charge in [0.1, 0.15) is 5.75 Å². The predicted octanol–water partition coefficient (Wildman–Crippen LogP) is 4.12. The second kappa shape index (κ2) is 9.18. The molecule has 4 heteroatoms. The highest BCUT2D eigenvalue weighted by molar-refractivity contribution is 5.91. The lowest BCUT2D eigenvalue weighted by molar-refractivity contribution is -0.124. The smallest absolute Gasteiger partial charge is 0.246 e. The van der Waals surface area contributed by atoms with Gasteiger partial charge in [-0.1, -0.05) is 18.2 Å². The van der Waals surface area contributed by atoms with E-state index in [1.54, 1.807) is 17.2 Å². The first-order valence-electron chi connectivity index (χ1n) is 9.30. The predicted molar refractivity (Wildman–Crippen MR) is 104 cm³/mol. The lowest BCUT2D eigenvalue weighted by Gasteiger charge is -2.15. The summed E-state index contributed by atoms with van der Waals surface area (Å²) in [6.45, 7) is 0.644. The average molecular weight is 350 g/mol. The van der Waals surface area contributed by atoms with Gasteiger partial charge in [-0.05, 0) is 61.6 Å². The van der Waals surface area contributed by atoms with Crippen molar-refractivity contribution >= 4 is 12.0 Å². The van der Waals surface area contributed by atoms with Crippen molar-refractivity contribution in [2.45, 2.75) is 38.2 Å². The Morgan fingerprint density at radius 1 is 1.23 bits per heavy atom. The van der Waals surface area contributed by atoms with Gasteiger partial charge in [-0.3, -0.25) is 9.78 Å². The van der Waals surface area contributed by atoms with Crippen LogP contribution >= 0.6 is 0 Å².